The molecule has 1 heterocycles. The molecule has 3 N–H and O–H groups in total. The molecule has 1 saturated carbocycles. The molecule has 0 radical (unpaired) electrons. The quantitative estimate of drug-likeness (QED) is 0.237. The molecule has 0 aromatic heterocycles. The van der Waals surface area contributed by atoms with E-state index in [9.17, 15) is 14.0 Å². The van der Waals surface area contributed by atoms with Gasteiger partial charge < -0.3 is 20.7 Å². The average molecular weight is 572 g/mol. The van der Waals surface area contributed by atoms with Gasteiger partial charge in [-0.25, -0.2) is 4.39 Å². The molecule has 0 saturated heterocycles. The lowest BCUT2D eigenvalue weighted by Gasteiger charge is -2.31. The van der Waals surface area contributed by atoms with E-state index >= 15 is 0 Å². The first-order valence-electron chi connectivity index (χ1n) is 15.3. The Morgan fingerprint density at radius 2 is 1.79 bits per heavy atom. The first-order valence-corrected chi connectivity index (χ1v) is 15.3. The number of fused-ring (bicyclic) bond motifs is 1. The molecule has 42 heavy (non-hydrogen) atoms. The second-order valence-electron chi connectivity index (χ2n) is 11.7. The number of methoxy groups -OCH3 is 1. The van der Waals surface area contributed by atoms with E-state index < -0.39 is 0 Å². The number of anilines is 1. The summed E-state index contributed by atoms with van der Waals surface area (Å²) >= 11 is 0. The predicted molar refractivity (Wildman–Crippen MR) is 164 cm³/mol. The van der Waals surface area contributed by atoms with Crippen molar-refractivity contribution in [3.8, 4) is 5.75 Å². The van der Waals surface area contributed by atoms with Gasteiger partial charge in [-0.15, -0.1) is 0 Å². The minimum Gasteiger partial charge on any atom is -0.497 e. The molecule has 1 aliphatic carbocycles. The number of benzene rings is 3. The van der Waals surface area contributed by atoms with E-state index in [4.69, 9.17) is 4.74 Å². The summed E-state index contributed by atoms with van der Waals surface area (Å²) in [6.45, 7) is 1.65. The fraction of sp³-hybridized carbons (Fsp3) is 0.429. The molecule has 7 heteroatoms. The van der Waals surface area contributed by atoms with Crippen molar-refractivity contribution in [3.05, 3.63) is 95.3 Å². The third-order valence-electron chi connectivity index (χ3n) is 9.00. The summed E-state index contributed by atoms with van der Waals surface area (Å²) in [6, 6.07) is 22.3. The van der Waals surface area contributed by atoms with Gasteiger partial charge in [0.1, 0.15) is 11.6 Å². The van der Waals surface area contributed by atoms with E-state index in [1.54, 1.807) is 31.4 Å². The second-order valence-corrected chi connectivity index (χ2v) is 11.7. The van der Waals surface area contributed by atoms with Crippen LogP contribution in [0.15, 0.2) is 72.8 Å². The summed E-state index contributed by atoms with van der Waals surface area (Å²) < 4.78 is 19.5. The number of carbonyl (C=O) groups is 2. The Balaban J connectivity index is 1.26. The molecular weight excluding hydrogens is 529 g/mol. The van der Waals surface area contributed by atoms with Crippen molar-refractivity contribution in [2.24, 2.45) is 17.8 Å². The first kappa shape index (κ1) is 29.6. The molecule has 0 bridgehead atoms. The minimum absolute atomic E-state index is 0.0565. The minimum atomic E-state index is -0.238. The highest BCUT2D eigenvalue weighted by Gasteiger charge is 2.33. The van der Waals surface area contributed by atoms with Gasteiger partial charge in [0.15, 0.2) is 0 Å². The molecule has 2 aliphatic rings. The van der Waals surface area contributed by atoms with Crippen LogP contribution in [-0.4, -0.2) is 38.6 Å². The van der Waals surface area contributed by atoms with Crippen molar-refractivity contribution in [1.29, 1.82) is 0 Å². The molecule has 0 spiro atoms. The highest BCUT2D eigenvalue weighted by Crippen LogP contribution is 2.38. The molecule has 3 unspecified atom stereocenters. The van der Waals surface area contributed by atoms with Gasteiger partial charge in [0.2, 0.25) is 5.91 Å². The lowest BCUT2D eigenvalue weighted by molar-refractivity contribution is -0.127. The predicted octanol–water partition coefficient (Wildman–Crippen LogP) is 6.34. The van der Waals surface area contributed by atoms with Crippen molar-refractivity contribution in [2.45, 2.75) is 50.9 Å². The summed E-state index contributed by atoms with van der Waals surface area (Å²) in [5, 5.41) is 9.77. The fourth-order valence-electron chi connectivity index (χ4n) is 6.71. The topological polar surface area (TPSA) is 79.5 Å². The summed E-state index contributed by atoms with van der Waals surface area (Å²) in [7, 11) is 1.58. The zero-order valence-electron chi connectivity index (χ0n) is 24.4. The van der Waals surface area contributed by atoms with Crippen LogP contribution in [-0.2, 0) is 11.2 Å². The van der Waals surface area contributed by atoms with Crippen LogP contribution in [0.2, 0.25) is 0 Å². The van der Waals surface area contributed by atoms with Crippen molar-refractivity contribution >= 4 is 17.5 Å². The lowest BCUT2D eigenvalue weighted by Crippen LogP contribution is -2.41. The number of carbonyl (C=O) groups excluding carboxylic acids is 2. The van der Waals surface area contributed by atoms with Crippen LogP contribution in [0.3, 0.4) is 0 Å². The van der Waals surface area contributed by atoms with Crippen molar-refractivity contribution in [2.75, 3.05) is 32.1 Å². The van der Waals surface area contributed by atoms with Crippen molar-refractivity contribution < 1.29 is 18.7 Å². The second kappa shape index (κ2) is 14.3. The zero-order chi connectivity index (χ0) is 29.3. The Hall–Kier alpha value is -3.87. The number of nitrogens with one attached hydrogen (secondary N) is 3. The van der Waals surface area contributed by atoms with Crippen LogP contribution in [0.1, 0.15) is 65.9 Å². The van der Waals surface area contributed by atoms with Crippen molar-refractivity contribution in [3.63, 3.8) is 0 Å². The maximum Gasteiger partial charge on any atom is 0.251 e. The maximum atomic E-state index is 14.2. The van der Waals surface area contributed by atoms with Crippen LogP contribution in [0.5, 0.6) is 5.75 Å². The van der Waals surface area contributed by atoms with Crippen LogP contribution >= 0.6 is 0 Å². The molecule has 3 aromatic carbocycles. The molecular formula is C35H42FN3O3. The highest BCUT2D eigenvalue weighted by molar-refractivity contribution is 5.94. The average Bonchev–Trinajstić information content (AvgIpc) is 3.45. The Bertz CT molecular complexity index is 1340. The summed E-state index contributed by atoms with van der Waals surface area (Å²) in [5.41, 5.74) is 3.69. The number of amides is 2. The smallest absolute Gasteiger partial charge is 0.251 e. The molecule has 222 valence electrons. The summed E-state index contributed by atoms with van der Waals surface area (Å²) in [6.07, 6.45) is 6.93. The third-order valence-corrected chi connectivity index (χ3v) is 9.00. The van der Waals surface area contributed by atoms with Gasteiger partial charge in [0.05, 0.1) is 7.11 Å². The molecule has 1 aliphatic heterocycles. The first-order chi connectivity index (χ1) is 20.5. The molecule has 6 nitrogen and oxygen atoms in total. The Morgan fingerprint density at radius 1 is 0.976 bits per heavy atom. The van der Waals surface area contributed by atoms with Crippen LogP contribution < -0.4 is 20.7 Å². The van der Waals surface area contributed by atoms with Gasteiger partial charge in [-0.05, 0) is 85.0 Å². The van der Waals surface area contributed by atoms with E-state index in [1.165, 1.54) is 18.1 Å². The normalized spacial score (nSPS) is 17.9. The number of hydrogen-bond acceptors (Lipinski definition) is 4. The van der Waals surface area contributed by atoms with Gasteiger partial charge in [0, 0.05) is 42.7 Å². The maximum absolute atomic E-state index is 14.2. The number of rotatable bonds is 12. The van der Waals surface area contributed by atoms with E-state index in [0.717, 1.165) is 43.4 Å². The Kier molecular flexibility index (Phi) is 10.1. The van der Waals surface area contributed by atoms with Gasteiger partial charge >= 0.3 is 0 Å². The molecule has 5 rings (SSSR count). The highest BCUT2D eigenvalue weighted by atomic mass is 19.1. The summed E-state index contributed by atoms with van der Waals surface area (Å²) in [4.78, 5) is 26.6. The third kappa shape index (κ3) is 7.50. The zero-order valence-corrected chi connectivity index (χ0v) is 24.4. The Morgan fingerprint density at radius 3 is 2.57 bits per heavy atom. The van der Waals surface area contributed by atoms with E-state index in [0.29, 0.717) is 43.3 Å². The standard InChI is InChI=1S/C35H42FN3O3/c1-42-29-14-8-13-26(20-29)34(40)37-18-17-30(25-11-6-3-7-12-25)35(41)39-22-27(19-24-9-4-2-5-10-24)32-23-38-33-16-15-28(36)21-31(32)33/h2,4-5,8-10,13-16,20-21,25,27,30,32,38H,3,6-7,11-12,17-19,22-23H2,1H3,(H,37,40)(H,39,41). The fourth-order valence-corrected chi connectivity index (χ4v) is 6.71. The molecule has 3 atom stereocenters. The van der Waals surface area contributed by atoms with Crippen LogP contribution in [0.4, 0.5) is 10.1 Å². The number of halogens is 1. The van der Waals surface area contributed by atoms with E-state index in [1.807, 2.05) is 30.3 Å². The van der Waals surface area contributed by atoms with Crippen LogP contribution in [0.25, 0.3) is 0 Å². The largest absolute Gasteiger partial charge is 0.497 e. The van der Waals surface area contributed by atoms with Crippen molar-refractivity contribution in [1.82, 2.24) is 10.6 Å². The summed E-state index contributed by atoms with van der Waals surface area (Å²) in [5.74, 6) is 0.620. The SMILES string of the molecule is COc1cccc(C(=O)NCCC(C(=O)NCC(Cc2ccccc2)C2CNc3ccc(F)cc32)C2CCCCC2)c1. The lowest BCUT2D eigenvalue weighted by atomic mass is 9.77. The monoisotopic (exact) mass is 571 g/mol. The molecule has 2 amide bonds. The van der Waals surface area contributed by atoms with Gasteiger partial charge in [-0.3, -0.25) is 9.59 Å². The number of ether oxygens (including phenoxy) is 1. The Labute approximate surface area is 248 Å². The van der Waals surface area contributed by atoms with E-state index in [2.05, 4.69) is 28.1 Å². The van der Waals surface area contributed by atoms with Gasteiger partial charge in [-0.1, -0.05) is 55.7 Å². The number of hydrogen-bond donors (Lipinski definition) is 3. The van der Waals surface area contributed by atoms with Gasteiger partial charge in [-0.2, -0.15) is 0 Å². The van der Waals surface area contributed by atoms with E-state index in [-0.39, 0.29) is 35.4 Å². The molecule has 1 fully saturated rings. The molecule has 3 aromatic rings. The van der Waals surface area contributed by atoms with Gasteiger partial charge in [0.25, 0.3) is 5.91 Å². The van der Waals surface area contributed by atoms with Crippen LogP contribution in [0, 0.1) is 23.6 Å².